The molecular weight excluding hydrogens is 256 g/mol. The Hall–Kier alpha value is -2.28. The monoisotopic (exact) mass is 274 g/mol. The zero-order chi connectivity index (χ0) is 13.9. The molecule has 0 bridgehead atoms. The SMILES string of the molecule is N/C(CN1CCN(c2cccc3nccn23)CC1)=N/O. The van der Waals surface area contributed by atoms with Gasteiger partial charge in [0.25, 0.3) is 0 Å². The van der Waals surface area contributed by atoms with Crippen molar-refractivity contribution < 1.29 is 5.21 Å². The van der Waals surface area contributed by atoms with Gasteiger partial charge in [-0.05, 0) is 12.1 Å². The van der Waals surface area contributed by atoms with Gasteiger partial charge >= 0.3 is 0 Å². The third kappa shape index (κ3) is 2.39. The number of oxime groups is 1. The van der Waals surface area contributed by atoms with E-state index in [2.05, 4.69) is 30.4 Å². The van der Waals surface area contributed by atoms with Crippen LogP contribution in [-0.4, -0.2) is 58.1 Å². The topological polar surface area (TPSA) is 82.4 Å². The van der Waals surface area contributed by atoms with Crippen LogP contribution in [0.4, 0.5) is 5.82 Å². The van der Waals surface area contributed by atoms with Gasteiger partial charge in [-0.15, -0.1) is 0 Å². The molecule has 3 heterocycles. The van der Waals surface area contributed by atoms with E-state index in [9.17, 15) is 0 Å². The molecule has 0 spiro atoms. The number of aromatic nitrogens is 2. The number of imidazole rings is 1. The number of pyridine rings is 1. The first-order chi connectivity index (χ1) is 9.78. The first-order valence-electron chi connectivity index (χ1n) is 6.64. The minimum Gasteiger partial charge on any atom is -0.409 e. The normalized spacial score (nSPS) is 17.8. The van der Waals surface area contributed by atoms with E-state index < -0.39 is 0 Å². The van der Waals surface area contributed by atoms with Crippen LogP contribution in [0.15, 0.2) is 35.7 Å². The van der Waals surface area contributed by atoms with Crippen LogP contribution < -0.4 is 10.6 Å². The summed E-state index contributed by atoms with van der Waals surface area (Å²) in [5.41, 5.74) is 6.50. The second-order valence-corrected chi connectivity index (χ2v) is 4.89. The van der Waals surface area contributed by atoms with Crippen molar-refractivity contribution in [2.24, 2.45) is 10.9 Å². The standard InChI is InChI=1S/C13H18N6O/c14-11(16-20)10-17-6-8-18(9-7-17)13-3-1-2-12-15-4-5-19(12)13/h1-5,20H,6-10H2,(H2,14,16). The van der Waals surface area contributed by atoms with Crippen molar-refractivity contribution in [2.45, 2.75) is 0 Å². The predicted molar refractivity (Wildman–Crippen MR) is 77.3 cm³/mol. The van der Waals surface area contributed by atoms with E-state index in [4.69, 9.17) is 10.9 Å². The molecular formula is C13H18N6O. The molecule has 3 N–H and O–H groups in total. The Labute approximate surface area is 116 Å². The summed E-state index contributed by atoms with van der Waals surface area (Å²) >= 11 is 0. The molecule has 2 aromatic heterocycles. The molecule has 0 saturated carbocycles. The molecule has 1 aliphatic rings. The number of piperazine rings is 1. The van der Waals surface area contributed by atoms with Crippen molar-refractivity contribution in [1.29, 1.82) is 0 Å². The quantitative estimate of drug-likeness (QED) is 0.362. The zero-order valence-electron chi connectivity index (χ0n) is 11.2. The third-order valence-corrected chi connectivity index (χ3v) is 3.62. The minimum absolute atomic E-state index is 0.259. The molecule has 1 saturated heterocycles. The van der Waals surface area contributed by atoms with Crippen molar-refractivity contribution >= 4 is 17.3 Å². The van der Waals surface area contributed by atoms with E-state index in [1.807, 2.05) is 24.5 Å². The maximum Gasteiger partial charge on any atom is 0.153 e. The molecule has 0 aliphatic carbocycles. The second kappa shape index (κ2) is 5.38. The predicted octanol–water partition coefficient (Wildman–Crippen LogP) is 0.203. The van der Waals surface area contributed by atoms with E-state index in [-0.39, 0.29) is 5.84 Å². The largest absolute Gasteiger partial charge is 0.409 e. The van der Waals surface area contributed by atoms with Crippen molar-refractivity contribution in [3.63, 3.8) is 0 Å². The molecule has 0 radical (unpaired) electrons. The summed E-state index contributed by atoms with van der Waals surface area (Å²) in [5.74, 6) is 1.42. The van der Waals surface area contributed by atoms with Crippen LogP contribution >= 0.6 is 0 Å². The van der Waals surface area contributed by atoms with Gasteiger partial charge in [0.1, 0.15) is 11.5 Å². The average Bonchev–Trinajstić information content (AvgIpc) is 2.96. The summed E-state index contributed by atoms with van der Waals surface area (Å²) in [6, 6.07) is 6.13. The highest BCUT2D eigenvalue weighted by molar-refractivity contribution is 5.81. The Morgan fingerprint density at radius 1 is 1.30 bits per heavy atom. The number of hydrogen-bond donors (Lipinski definition) is 2. The Morgan fingerprint density at radius 3 is 2.85 bits per heavy atom. The van der Waals surface area contributed by atoms with Crippen LogP contribution in [0.5, 0.6) is 0 Å². The van der Waals surface area contributed by atoms with Gasteiger partial charge in [-0.1, -0.05) is 11.2 Å². The van der Waals surface area contributed by atoms with E-state index >= 15 is 0 Å². The van der Waals surface area contributed by atoms with Gasteiger partial charge in [-0.3, -0.25) is 9.30 Å². The molecule has 0 amide bonds. The lowest BCUT2D eigenvalue weighted by atomic mass is 10.3. The van der Waals surface area contributed by atoms with Gasteiger partial charge in [0.2, 0.25) is 0 Å². The molecule has 2 aromatic rings. The van der Waals surface area contributed by atoms with Crippen LogP contribution in [0.2, 0.25) is 0 Å². The smallest absolute Gasteiger partial charge is 0.153 e. The molecule has 0 aromatic carbocycles. The lowest BCUT2D eigenvalue weighted by molar-refractivity contribution is 0.278. The highest BCUT2D eigenvalue weighted by Gasteiger charge is 2.19. The fourth-order valence-electron chi connectivity index (χ4n) is 2.59. The molecule has 7 heteroatoms. The summed E-state index contributed by atoms with van der Waals surface area (Å²) in [7, 11) is 0. The lowest BCUT2D eigenvalue weighted by Crippen LogP contribution is -2.49. The van der Waals surface area contributed by atoms with Crippen molar-refractivity contribution in [3.05, 3.63) is 30.6 Å². The van der Waals surface area contributed by atoms with E-state index in [0.29, 0.717) is 6.54 Å². The van der Waals surface area contributed by atoms with Gasteiger partial charge in [0.05, 0.1) is 6.54 Å². The molecule has 0 unspecified atom stereocenters. The molecule has 20 heavy (non-hydrogen) atoms. The van der Waals surface area contributed by atoms with Gasteiger partial charge in [-0.25, -0.2) is 4.98 Å². The number of anilines is 1. The number of nitrogens with two attached hydrogens (primary N) is 1. The minimum atomic E-state index is 0.259. The summed E-state index contributed by atoms with van der Waals surface area (Å²) < 4.78 is 2.10. The number of rotatable bonds is 3. The molecule has 0 atom stereocenters. The Balaban J connectivity index is 1.70. The Kier molecular flexibility index (Phi) is 3.42. The number of nitrogens with zero attached hydrogens (tertiary/aromatic N) is 5. The summed E-state index contributed by atoms with van der Waals surface area (Å²) in [4.78, 5) is 8.82. The highest BCUT2D eigenvalue weighted by Crippen LogP contribution is 2.18. The first kappa shape index (κ1) is 12.7. The fraction of sp³-hybridized carbons (Fsp3) is 0.385. The van der Waals surface area contributed by atoms with Crippen LogP contribution in [0.3, 0.4) is 0 Å². The Morgan fingerprint density at radius 2 is 2.10 bits per heavy atom. The molecule has 7 nitrogen and oxygen atoms in total. The second-order valence-electron chi connectivity index (χ2n) is 4.89. The Bertz CT molecular complexity index is 614. The molecule has 3 rings (SSSR count). The molecule has 1 aliphatic heterocycles. The van der Waals surface area contributed by atoms with Crippen molar-refractivity contribution in [3.8, 4) is 0 Å². The molecule has 1 fully saturated rings. The van der Waals surface area contributed by atoms with E-state index in [1.54, 1.807) is 0 Å². The first-order valence-corrected chi connectivity index (χ1v) is 6.64. The molecule has 106 valence electrons. The lowest BCUT2D eigenvalue weighted by Gasteiger charge is -2.35. The van der Waals surface area contributed by atoms with E-state index in [1.165, 1.54) is 0 Å². The highest BCUT2D eigenvalue weighted by atomic mass is 16.4. The third-order valence-electron chi connectivity index (χ3n) is 3.62. The van der Waals surface area contributed by atoms with Crippen LogP contribution in [-0.2, 0) is 0 Å². The van der Waals surface area contributed by atoms with Gasteiger partial charge in [-0.2, -0.15) is 0 Å². The van der Waals surface area contributed by atoms with E-state index in [0.717, 1.165) is 37.6 Å². The maximum atomic E-state index is 8.61. The fourth-order valence-corrected chi connectivity index (χ4v) is 2.59. The summed E-state index contributed by atoms with van der Waals surface area (Å²) in [6.07, 6.45) is 3.79. The van der Waals surface area contributed by atoms with Crippen LogP contribution in [0, 0.1) is 0 Å². The maximum absolute atomic E-state index is 8.61. The van der Waals surface area contributed by atoms with Gasteiger partial charge < -0.3 is 15.8 Å². The van der Waals surface area contributed by atoms with Crippen LogP contribution in [0.25, 0.3) is 5.65 Å². The average molecular weight is 274 g/mol. The van der Waals surface area contributed by atoms with Crippen molar-refractivity contribution in [2.75, 3.05) is 37.6 Å². The number of hydrogen-bond acceptors (Lipinski definition) is 5. The van der Waals surface area contributed by atoms with Gasteiger partial charge in [0, 0.05) is 38.6 Å². The summed E-state index contributed by atoms with van der Waals surface area (Å²) in [6.45, 7) is 4.12. The number of amidine groups is 1. The van der Waals surface area contributed by atoms with Crippen molar-refractivity contribution in [1.82, 2.24) is 14.3 Å². The van der Waals surface area contributed by atoms with Gasteiger partial charge in [0.15, 0.2) is 5.84 Å². The summed E-state index contributed by atoms with van der Waals surface area (Å²) in [5, 5.41) is 11.6. The van der Waals surface area contributed by atoms with Crippen LogP contribution in [0.1, 0.15) is 0 Å². The number of fused-ring (bicyclic) bond motifs is 1. The zero-order valence-corrected chi connectivity index (χ0v) is 11.2.